The summed E-state index contributed by atoms with van der Waals surface area (Å²) in [6, 6.07) is 21.0. The standard InChI is InChI=1S/C20H23NO2/c1-14-12-17(13-18(14)20(22)23)21-19(15-8-4-2-5-9-15)16-10-6-3-7-11-16/h2-11,14,17-19,21H,12-13H2,1H3,(H,22,23)/t14-,17+,18+/m1/s1. The number of carbonyl (C=O) groups is 1. The third-order valence-corrected chi connectivity index (χ3v) is 4.87. The van der Waals surface area contributed by atoms with E-state index in [1.54, 1.807) is 0 Å². The van der Waals surface area contributed by atoms with E-state index in [4.69, 9.17) is 0 Å². The summed E-state index contributed by atoms with van der Waals surface area (Å²) in [6.45, 7) is 2.04. The molecule has 0 amide bonds. The van der Waals surface area contributed by atoms with Crippen LogP contribution in [0.5, 0.6) is 0 Å². The van der Waals surface area contributed by atoms with Gasteiger partial charge in [0.25, 0.3) is 0 Å². The zero-order valence-electron chi connectivity index (χ0n) is 13.4. The van der Waals surface area contributed by atoms with Crippen LogP contribution in [0.25, 0.3) is 0 Å². The van der Waals surface area contributed by atoms with Crippen LogP contribution in [0.15, 0.2) is 60.7 Å². The van der Waals surface area contributed by atoms with Crippen LogP contribution in [0.3, 0.4) is 0 Å². The molecule has 23 heavy (non-hydrogen) atoms. The van der Waals surface area contributed by atoms with Gasteiger partial charge in [-0.25, -0.2) is 0 Å². The van der Waals surface area contributed by atoms with Gasteiger partial charge in [0, 0.05) is 6.04 Å². The number of nitrogens with one attached hydrogen (secondary N) is 1. The molecule has 0 bridgehead atoms. The summed E-state index contributed by atoms with van der Waals surface area (Å²) in [5.74, 6) is -0.685. The maximum absolute atomic E-state index is 11.4. The lowest BCUT2D eigenvalue weighted by atomic mass is 9.97. The molecule has 0 radical (unpaired) electrons. The topological polar surface area (TPSA) is 49.3 Å². The highest BCUT2D eigenvalue weighted by Crippen LogP contribution is 2.34. The van der Waals surface area contributed by atoms with Crippen molar-refractivity contribution in [2.45, 2.75) is 31.8 Å². The molecular formula is C20H23NO2. The second kappa shape index (κ2) is 6.97. The maximum atomic E-state index is 11.4. The quantitative estimate of drug-likeness (QED) is 0.881. The SMILES string of the molecule is C[C@@H]1C[C@H](NC(c2ccccc2)c2ccccc2)C[C@@H]1C(=O)O. The lowest BCUT2D eigenvalue weighted by molar-refractivity contribution is -0.142. The Morgan fingerprint density at radius 2 is 1.52 bits per heavy atom. The van der Waals surface area contributed by atoms with Crippen molar-refractivity contribution >= 4 is 5.97 Å². The third kappa shape index (κ3) is 3.62. The highest BCUT2D eigenvalue weighted by atomic mass is 16.4. The Hall–Kier alpha value is -2.13. The van der Waals surface area contributed by atoms with Crippen molar-refractivity contribution in [1.29, 1.82) is 0 Å². The molecule has 3 atom stereocenters. The minimum Gasteiger partial charge on any atom is -0.481 e. The molecule has 1 aliphatic rings. The lowest BCUT2D eigenvalue weighted by Crippen LogP contribution is -2.32. The maximum Gasteiger partial charge on any atom is 0.306 e. The molecule has 1 fully saturated rings. The van der Waals surface area contributed by atoms with Gasteiger partial charge in [0.1, 0.15) is 0 Å². The van der Waals surface area contributed by atoms with Crippen LogP contribution < -0.4 is 5.32 Å². The van der Waals surface area contributed by atoms with Crippen LogP contribution in [0.2, 0.25) is 0 Å². The molecule has 1 aliphatic carbocycles. The molecule has 0 aliphatic heterocycles. The van der Waals surface area contributed by atoms with Crippen LogP contribution in [-0.4, -0.2) is 17.1 Å². The first-order valence-electron chi connectivity index (χ1n) is 8.24. The van der Waals surface area contributed by atoms with Crippen molar-refractivity contribution in [2.24, 2.45) is 11.8 Å². The second-order valence-electron chi connectivity index (χ2n) is 6.51. The Bertz CT molecular complexity index is 602. The summed E-state index contributed by atoms with van der Waals surface area (Å²) in [6.07, 6.45) is 1.61. The molecule has 2 aromatic rings. The normalized spacial score (nSPS) is 24.0. The van der Waals surface area contributed by atoms with E-state index in [2.05, 4.69) is 29.6 Å². The highest BCUT2D eigenvalue weighted by molar-refractivity contribution is 5.70. The Morgan fingerprint density at radius 1 is 1.00 bits per heavy atom. The average Bonchev–Trinajstić information content (AvgIpc) is 2.95. The first kappa shape index (κ1) is 15.8. The number of carboxylic acids is 1. The smallest absolute Gasteiger partial charge is 0.306 e. The second-order valence-corrected chi connectivity index (χ2v) is 6.51. The molecular weight excluding hydrogens is 286 g/mol. The summed E-state index contributed by atoms with van der Waals surface area (Å²) < 4.78 is 0. The predicted molar refractivity (Wildman–Crippen MR) is 91.2 cm³/mol. The van der Waals surface area contributed by atoms with E-state index in [1.807, 2.05) is 43.3 Å². The van der Waals surface area contributed by atoms with E-state index < -0.39 is 5.97 Å². The Balaban J connectivity index is 1.82. The van der Waals surface area contributed by atoms with E-state index in [0.29, 0.717) is 6.42 Å². The van der Waals surface area contributed by atoms with Crippen molar-refractivity contribution < 1.29 is 9.90 Å². The molecule has 2 aromatic carbocycles. The number of hydrogen-bond acceptors (Lipinski definition) is 2. The van der Waals surface area contributed by atoms with E-state index in [-0.39, 0.29) is 23.9 Å². The number of carboxylic acid groups (broad SMARTS) is 1. The summed E-state index contributed by atoms with van der Waals surface area (Å²) in [7, 11) is 0. The monoisotopic (exact) mass is 309 g/mol. The van der Waals surface area contributed by atoms with Crippen molar-refractivity contribution in [1.82, 2.24) is 5.32 Å². The van der Waals surface area contributed by atoms with E-state index in [9.17, 15) is 9.90 Å². The molecule has 0 aromatic heterocycles. The Kier molecular flexibility index (Phi) is 4.77. The van der Waals surface area contributed by atoms with Crippen LogP contribution >= 0.6 is 0 Å². The van der Waals surface area contributed by atoms with Gasteiger partial charge in [-0.1, -0.05) is 67.6 Å². The summed E-state index contributed by atoms with van der Waals surface area (Å²) in [5.41, 5.74) is 2.43. The van der Waals surface area contributed by atoms with Crippen LogP contribution in [0.1, 0.15) is 36.9 Å². The minimum absolute atomic E-state index is 0.0992. The van der Waals surface area contributed by atoms with Gasteiger partial charge in [-0.2, -0.15) is 0 Å². The van der Waals surface area contributed by atoms with Gasteiger partial charge in [-0.05, 0) is 29.9 Å². The molecule has 0 saturated heterocycles. The molecule has 2 N–H and O–H groups in total. The van der Waals surface area contributed by atoms with E-state index >= 15 is 0 Å². The Morgan fingerprint density at radius 3 is 1.96 bits per heavy atom. The minimum atomic E-state index is -0.669. The predicted octanol–water partition coefficient (Wildman–Crippen LogP) is 3.86. The largest absolute Gasteiger partial charge is 0.481 e. The van der Waals surface area contributed by atoms with E-state index in [1.165, 1.54) is 11.1 Å². The first-order chi connectivity index (χ1) is 11.1. The highest BCUT2D eigenvalue weighted by Gasteiger charge is 2.37. The molecule has 0 heterocycles. The molecule has 120 valence electrons. The van der Waals surface area contributed by atoms with Crippen LogP contribution in [-0.2, 0) is 4.79 Å². The van der Waals surface area contributed by atoms with Crippen molar-refractivity contribution in [3.8, 4) is 0 Å². The van der Waals surface area contributed by atoms with Gasteiger partial charge in [0.15, 0.2) is 0 Å². The molecule has 3 rings (SSSR count). The number of benzene rings is 2. The first-order valence-corrected chi connectivity index (χ1v) is 8.24. The van der Waals surface area contributed by atoms with Crippen LogP contribution in [0.4, 0.5) is 0 Å². The summed E-state index contributed by atoms with van der Waals surface area (Å²) in [5, 5.41) is 13.0. The zero-order valence-corrected chi connectivity index (χ0v) is 13.4. The molecule has 3 nitrogen and oxygen atoms in total. The summed E-state index contributed by atoms with van der Waals surface area (Å²) >= 11 is 0. The van der Waals surface area contributed by atoms with E-state index in [0.717, 1.165) is 6.42 Å². The molecule has 0 unspecified atom stereocenters. The number of hydrogen-bond donors (Lipinski definition) is 2. The fourth-order valence-electron chi connectivity index (χ4n) is 3.64. The fraction of sp³-hybridized carbons (Fsp3) is 0.350. The van der Waals surface area contributed by atoms with Crippen molar-refractivity contribution in [3.63, 3.8) is 0 Å². The van der Waals surface area contributed by atoms with Crippen molar-refractivity contribution in [2.75, 3.05) is 0 Å². The van der Waals surface area contributed by atoms with Crippen LogP contribution in [0, 0.1) is 11.8 Å². The van der Waals surface area contributed by atoms with Gasteiger partial charge in [-0.15, -0.1) is 0 Å². The molecule has 0 spiro atoms. The van der Waals surface area contributed by atoms with Gasteiger partial charge in [-0.3, -0.25) is 4.79 Å². The van der Waals surface area contributed by atoms with Gasteiger partial charge in [0.05, 0.1) is 12.0 Å². The average molecular weight is 309 g/mol. The number of rotatable bonds is 5. The Labute approximate surface area is 137 Å². The number of aliphatic carboxylic acids is 1. The molecule has 3 heteroatoms. The van der Waals surface area contributed by atoms with Crippen molar-refractivity contribution in [3.05, 3.63) is 71.8 Å². The van der Waals surface area contributed by atoms with Gasteiger partial charge in [0.2, 0.25) is 0 Å². The van der Waals surface area contributed by atoms with Gasteiger partial charge >= 0.3 is 5.97 Å². The zero-order chi connectivity index (χ0) is 16.2. The third-order valence-electron chi connectivity index (χ3n) is 4.87. The van der Waals surface area contributed by atoms with Gasteiger partial charge < -0.3 is 10.4 Å². The summed E-state index contributed by atoms with van der Waals surface area (Å²) in [4.78, 5) is 11.4. The lowest BCUT2D eigenvalue weighted by Gasteiger charge is -2.24. The fourth-order valence-corrected chi connectivity index (χ4v) is 3.64. The molecule has 1 saturated carbocycles.